The van der Waals surface area contributed by atoms with Crippen LogP contribution >= 0.6 is 0 Å². The molecule has 10 heteroatoms. The van der Waals surface area contributed by atoms with Crippen LogP contribution in [0, 0.1) is 11.8 Å². The SMILES string of the molecule is COc1ccc(C2NNN3C4CC(C(=O)NCc5ccc6c(c5)OCO6)CCC4C(=O)NC23)cc1. The lowest BCUT2D eigenvalue weighted by molar-refractivity contribution is -0.143. The Kier molecular flexibility index (Phi) is 5.71. The molecule has 3 heterocycles. The van der Waals surface area contributed by atoms with Gasteiger partial charge in [-0.05, 0) is 54.7 Å². The van der Waals surface area contributed by atoms with Crippen LogP contribution in [0.3, 0.4) is 0 Å². The molecule has 6 rings (SSSR count). The Balaban J connectivity index is 1.12. The molecule has 1 aliphatic carbocycles. The monoisotopic (exact) mass is 479 g/mol. The van der Waals surface area contributed by atoms with Crippen LogP contribution in [0.2, 0.25) is 0 Å². The summed E-state index contributed by atoms with van der Waals surface area (Å²) in [7, 11) is 1.64. The first-order valence-corrected chi connectivity index (χ1v) is 12.0. The minimum absolute atomic E-state index is 0.0162. The van der Waals surface area contributed by atoms with Gasteiger partial charge >= 0.3 is 0 Å². The van der Waals surface area contributed by atoms with Crippen LogP contribution in [0.15, 0.2) is 42.5 Å². The molecule has 10 nitrogen and oxygen atoms in total. The fraction of sp³-hybridized carbons (Fsp3) is 0.440. The predicted octanol–water partition coefficient (Wildman–Crippen LogP) is 1.35. The van der Waals surface area contributed by atoms with Gasteiger partial charge in [0.15, 0.2) is 11.5 Å². The largest absolute Gasteiger partial charge is 0.497 e. The van der Waals surface area contributed by atoms with Gasteiger partial charge in [0.05, 0.1) is 19.1 Å². The van der Waals surface area contributed by atoms with E-state index in [1.807, 2.05) is 42.5 Å². The molecule has 4 aliphatic rings. The molecule has 0 spiro atoms. The lowest BCUT2D eigenvalue weighted by Gasteiger charge is -2.46. The van der Waals surface area contributed by atoms with Crippen molar-refractivity contribution in [2.45, 2.75) is 44.1 Å². The lowest BCUT2D eigenvalue weighted by Crippen LogP contribution is -2.65. The van der Waals surface area contributed by atoms with Crippen molar-refractivity contribution in [2.24, 2.45) is 11.8 Å². The average Bonchev–Trinajstić information content (AvgIpc) is 3.54. The van der Waals surface area contributed by atoms with Crippen LogP contribution in [0.1, 0.15) is 36.4 Å². The summed E-state index contributed by atoms with van der Waals surface area (Å²) in [6.07, 6.45) is 1.74. The van der Waals surface area contributed by atoms with Gasteiger partial charge in [0, 0.05) is 18.5 Å². The maximum atomic E-state index is 13.1. The molecule has 1 saturated carbocycles. The molecule has 0 aromatic heterocycles. The van der Waals surface area contributed by atoms with Gasteiger partial charge in [-0.2, -0.15) is 5.53 Å². The Hall–Kier alpha value is -3.34. The molecule has 2 aromatic rings. The molecule has 2 aromatic carbocycles. The fourth-order valence-electron chi connectivity index (χ4n) is 5.61. The zero-order valence-electron chi connectivity index (χ0n) is 19.5. The first kappa shape index (κ1) is 22.1. The highest BCUT2D eigenvalue weighted by Gasteiger charge is 2.51. The number of ether oxygens (including phenoxy) is 3. The van der Waals surface area contributed by atoms with Crippen LogP contribution in [0.5, 0.6) is 17.2 Å². The summed E-state index contributed by atoms with van der Waals surface area (Å²) in [6.45, 7) is 0.648. The molecular weight excluding hydrogens is 450 g/mol. The third kappa shape index (κ3) is 4.07. The van der Waals surface area contributed by atoms with Crippen LogP contribution in [-0.4, -0.2) is 42.9 Å². The molecule has 0 radical (unpaired) electrons. The second kappa shape index (κ2) is 9.03. The number of nitrogens with zero attached hydrogens (tertiary/aromatic N) is 1. The lowest BCUT2D eigenvalue weighted by atomic mass is 9.75. The fourth-order valence-corrected chi connectivity index (χ4v) is 5.61. The van der Waals surface area contributed by atoms with Crippen molar-refractivity contribution >= 4 is 11.8 Å². The zero-order chi connectivity index (χ0) is 23.9. The van der Waals surface area contributed by atoms with Gasteiger partial charge in [0.25, 0.3) is 0 Å². The molecule has 184 valence electrons. The third-order valence-corrected chi connectivity index (χ3v) is 7.51. The first-order valence-electron chi connectivity index (χ1n) is 12.0. The molecule has 2 amide bonds. The van der Waals surface area contributed by atoms with Crippen molar-refractivity contribution in [3.8, 4) is 17.2 Å². The van der Waals surface area contributed by atoms with E-state index in [4.69, 9.17) is 14.2 Å². The molecule has 35 heavy (non-hydrogen) atoms. The summed E-state index contributed by atoms with van der Waals surface area (Å²) in [5.41, 5.74) is 8.59. The molecular formula is C25H29N5O5. The van der Waals surface area contributed by atoms with Crippen molar-refractivity contribution in [1.82, 2.24) is 26.6 Å². The number of nitrogens with one attached hydrogen (secondary N) is 4. The quantitative estimate of drug-likeness (QED) is 0.508. The molecule has 0 bridgehead atoms. The number of hydrazine groups is 2. The summed E-state index contributed by atoms with van der Waals surface area (Å²) in [5, 5.41) is 8.32. The molecule has 5 unspecified atom stereocenters. The van der Waals surface area contributed by atoms with Gasteiger partial charge in [-0.25, -0.2) is 10.4 Å². The van der Waals surface area contributed by atoms with Crippen LogP contribution in [0.25, 0.3) is 0 Å². The summed E-state index contributed by atoms with van der Waals surface area (Å²) in [4.78, 5) is 26.1. The van der Waals surface area contributed by atoms with E-state index in [9.17, 15) is 9.59 Å². The van der Waals surface area contributed by atoms with E-state index in [1.54, 1.807) is 7.11 Å². The van der Waals surface area contributed by atoms with Crippen LogP contribution in [-0.2, 0) is 16.1 Å². The highest BCUT2D eigenvalue weighted by Crippen LogP contribution is 2.39. The maximum absolute atomic E-state index is 13.1. The van der Waals surface area contributed by atoms with E-state index in [1.165, 1.54) is 0 Å². The minimum Gasteiger partial charge on any atom is -0.497 e. The van der Waals surface area contributed by atoms with Crippen LogP contribution in [0.4, 0.5) is 0 Å². The highest BCUT2D eigenvalue weighted by atomic mass is 16.7. The average molecular weight is 480 g/mol. The summed E-state index contributed by atoms with van der Waals surface area (Å²) >= 11 is 0. The number of carbonyl (C=O) groups is 2. The standard InChI is InChI=1S/C25H29N5O5/c1-33-17-6-3-15(4-7-17)22-23-27-25(32)18-8-5-16(11-19(18)30(23)29-28-22)24(31)26-12-14-2-9-20-21(10-14)35-13-34-20/h2-4,6-7,9-10,16,18-19,22-23,28-29H,5,8,11-13H2,1H3,(H,26,31)(H,27,32). The smallest absolute Gasteiger partial charge is 0.231 e. The topological polar surface area (TPSA) is 113 Å². The van der Waals surface area contributed by atoms with E-state index in [0.29, 0.717) is 31.6 Å². The summed E-state index contributed by atoms with van der Waals surface area (Å²) in [5.74, 6) is 1.98. The molecule has 2 saturated heterocycles. The molecule has 3 fully saturated rings. The Labute approximate surface area is 203 Å². The van der Waals surface area contributed by atoms with E-state index < -0.39 is 0 Å². The Morgan fingerprint density at radius 1 is 1.14 bits per heavy atom. The first-order chi connectivity index (χ1) is 17.1. The Bertz CT molecular complexity index is 1130. The number of carbonyl (C=O) groups excluding carboxylic acids is 2. The summed E-state index contributed by atoms with van der Waals surface area (Å²) in [6, 6.07) is 13.3. The van der Waals surface area contributed by atoms with E-state index in [2.05, 4.69) is 26.6 Å². The van der Waals surface area contributed by atoms with E-state index in [0.717, 1.165) is 22.6 Å². The zero-order valence-corrected chi connectivity index (χ0v) is 19.5. The number of methoxy groups -OCH3 is 1. The second-order valence-electron chi connectivity index (χ2n) is 9.46. The van der Waals surface area contributed by atoms with Gasteiger partial charge in [0.1, 0.15) is 11.9 Å². The summed E-state index contributed by atoms with van der Waals surface area (Å²) < 4.78 is 16.0. The van der Waals surface area contributed by atoms with Crippen molar-refractivity contribution < 1.29 is 23.8 Å². The van der Waals surface area contributed by atoms with Crippen molar-refractivity contribution in [2.75, 3.05) is 13.9 Å². The third-order valence-electron chi connectivity index (χ3n) is 7.51. The number of amides is 2. The number of hydrogen-bond donors (Lipinski definition) is 4. The second-order valence-corrected chi connectivity index (χ2v) is 9.46. The minimum atomic E-state index is -0.243. The van der Waals surface area contributed by atoms with Crippen molar-refractivity contribution in [1.29, 1.82) is 0 Å². The molecule has 4 N–H and O–H groups in total. The molecule has 3 aliphatic heterocycles. The number of rotatable bonds is 5. The van der Waals surface area contributed by atoms with Crippen molar-refractivity contribution in [3.05, 3.63) is 53.6 Å². The van der Waals surface area contributed by atoms with E-state index >= 15 is 0 Å². The maximum Gasteiger partial charge on any atom is 0.231 e. The highest BCUT2D eigenvalue weighted by molar-refractivity contribution is 5.83. The van der Waals surface area contributed by atoms with Gasteiger partial charge in [-0.1, -0.05) is 18.2 Å². The number of fused-ring (bicyclic) bond motifs is 4. The van der Waals surface area contributed by atoms with Gasteiger partial charge in [-0.3, -0.25) is 9.59 Å². The normalized spacial score (nSPS) is 29.2. The van der Waals surface area contributed by atoms with Crippen LogP contribution < -0.4 is 35.8 Å². The predicted molar refractivity (Wildman–Crippen MR) is 125 cm³/mol. The van der Waals surface area contributed by atoms with Crippen molar-refractivity contribution in [3.63, 3.8) is 0 Å². The number of hydrogen-bond acceptors (Lipinski definition) is 8. The Morgan fingerprint density at radius 2 is 1.97 bits per heavy atom. The van der Waals surface area contributed by atoms with Gasteiger partial charge < -0.3 is 24.8 Å². The van der Waals surface area contributed by atoms with Gasteiger partial charge in [0.2, 0.25) is 18.6 Å². The van der Waals surface area contributed by atoms with E-state index in [-0.39, 0.29) is 48.7 Å². The van der Waals surface area contributed by atoms with Gasteiger partial charge in [-0.15, -0.1) is 0 Å². The Morgan fingerprint density at radius 3 is 2.80 bits per heavy atom. The number of benzene rings is 2. The molecule has 5 atom stereocenters.